The molecule has 242 valence electrons. The summed E-state index contributed by atoms with van der Waals surface area (Å²) in [7, 11) is 0. The number of hydrogen-bond donors (Lipinski definition) is 0. The van der Waals surface area contributed by atoms with Crippen molar-refractivity contribution in [1.82, 2.24) is 4.90 Å². The first-order valence-corrected chi connectivity index (χ1v) is 14.3. The molecule has 0 spiro atoms. The Balaban J connectivity index is 1.54. The highest BCUT2D eigenvalue weighted by atomic mass is 16.7. The second-order valence-electron chi connectivity index (χ2n) is 9.85. The average molecular weight is 642 g/mol. The highest BCUT2D eigenvalue weighted by Gasteiger charge is 2.24. The van der Waals surface area contributed by atoms with E-state index in [1.54, 1.807) is 12.1 Å². The lowest BCUT2D eigenvalue weighted by Crippen LogP contribution is -2.32. The predicted molar refractivity (Wildman–Crippen MR) is 165 cm³/mol. The van der Waals surface area contributed by atoms with E-state index >= 15 is 0 Å². The fraction of sp³-hybridized carbons (Fsp3) is 0.171. The molecule has 0 aliphatic carbocycles. The van der Waals surface area contributed by atoms with E-state index < -0.39 is 43.6 Å². The van der Waals surface area contributed by atoms with Crippen LogP contribution in [0.5, 0.6) is 17.2 Å². The van der Waals surface area contributed by atoms with E-state index in [2.05, 4.69) is 9.47 Å². The minimum atomic E-state index is -1.07. The van der Waals surface area contributed by atoms with Gasteiger partial charge in [-0.2, -0.15) is 0 Å². The SMILES string of the molecule is CC(=O)OCOC(=O)c1ccc(OC(=O)N(Cc2ccccc2)Cc2ccc(Oc3ccccc3)cc2)cc1C(=O)OCOC(C)=O. The van der Waals surface area contributed by atoms with Gasteiger partial charge in [0.2, 0.25) is 13.6 Å². The topological polar surface area (TPSA) is 144 Å². The first-order chi connectivity index (χ1) is 22.7. The standard InChI is InChI=1S/C35H31NO11/c1-24(37)42-22-44-33(39)31-18-17-30(19-32(31)34(40)45-23-43-25(2)38)47-35(41)36(20-26-9-5-3-6-10-26)21-27-13-15-29(16-14-27)46-28-11-7-4-8-12-28/h3-19H,20-23H2,1-2H3. The Bertz CT molecular complexity index is 1690. The molecule has 0 heterocycles. The summed E-state index contributed by atoms with van der Waals surface area (Å²) in [6.07, 6.45) is -0.747. The first-order valence-electron chi connectivity index (χ1n) is 14.3. The monoisotopic (exact) mass is 641 g/mol. The van der Waals surface area contributed by atoms with Gasteiger partial charge in [0.05, 0.1) is 11.1 Å². The first kappa shape index (κ1) is 33.7. The molecule has 0 unspecified atom stereocenters. The molecule has 0 radical (unpaired) electrons. The largest absolute Gasteiger partial charge is 0.457 e. The molecule has 0 atom stereocenters. The molecule has 4 rings (SSSR count). The number of carbonyl (C=O) groups excluding carboxylic acids is 5. The summed E-state index contributed by atoms with van der Waals surface area (Å²) in [5, 5.41) is 0. The molecule has 4 aromatic rings. The van der Waals surface area contributed by atoms with Crippen LogP contribution in [0.4, 0.5) is 4.79 Å². The Hall–Kier alpha value is -6.17. The van der Waals surface area contributed by atoms with Crippen molar-refractivity contribution in [2.24, 2.45) is 0 Å². The molecule has 0 saturated carbocycles. The van der Waals surface area contributed by atoms with Crippen LogP contribution in [0.15, 0.2) is 103 Å². The number of carbonyl (C=O) groups is 5. The third-order valence-corrected chi connectivity index (χ3v) is 6.29. The zero-order chi connectivity index (χ0) is 33.6. The summed E-state index contributed by atoms with van der Waals surface area (Å²) in [5.41, 5.74) is 1.01. The molecule has 0 aliphatic rings. The van der Waals surface area contributed by atoms with Crippen molar-refractivity contribution in [1.29, 1.82) is 0 Å². The van der Waals surface area contributed by atoms with E-state index in [0.29, 0.717) is 11.5 Å². The van der Waals surface area contributed by atoms with Crippen LogP contribution < -0.4 is 9.47 Å². The molecular weight excluding hydrogens is 610 g/mol. The van der Waals surface area contributed by atoms with E-state index in [1.807, 2.05) is 72.8 Å². The highest BCUT2D eigenvalue weighted by Crippen LogP contribution is 2.24. The van der Waals surface area contributed by atoms with E-state index in [0.717, 1.165) is 31.0 Å². The molecule has 12 nitrogen and oxygen atoms in total. The van der Waals surface area contributed by atoms with Gasteiger partial charge in [-0.1, -0.05) is 60.7 Å². The zero-order valence-electron chi connectivity index (χ0n) is 25.6. The molecule has 0 N–H and O–H groups in total. The van der Waals surface area contributed by atoms with Crippen LogP contribution in [0.1, 0.15) is 45.7 Å². The quantitative estimate of drug-likeness (QED) is 0.125. The molecule has 47 heavy (non-hydrogen) atoms. The number of para-hydroxylation sites is 1. The van der Waals surface area contributed by atoms with Gasteiger partial charge in [-0.15, -0.1) is 0 Å². The number of benzene rings is 4. The van der Waals surface area contributed by atoms with Gasteiger partial charge in [-0.3, -0.25) is 14.5 Å². The summed E-state index contributed by atoms with van der Waals surface area (Å²) < 4.78 is 30.6. The van der Waals surface area contributed by atoms with Crippen molar-refractivity contribution in [2.75, 3.05) is 13.6 Å². The summed E-state index contributed by atoms with van der Waals surface area (Å²) in [5.74, 6) is -2.24. The number of amides is 1. The Kier molecular flexibility index (Phi) is 12.0. The number of hydrogen-bond acceptors (Lipinski definition) is 11. The van der Waals surface area contributed by atoms with Gasteiger partial charge in [0.25, 0.3) is 0 Å². The second-order valence-corrected chi connectivity index (χ2v) is 9.85. The maximum atomic E-state index is 13.5. The average Bonchev–Trinajstić information content (AvgIpc) is 3.05. The van der Waals surface area contributed by atoms with Gasteiger partial charge in [-0.05, 0) is 53.6 Å². The molecule has 4 aromatic carbocycles. The summed E-state index contributed by atoms with van der Waals surface area (Å²) >= 11 is 0. The van der Waals surface area contributed by atoms with Crippen molar-refractivity contribution in [2.45, 2.75) is 26.9 Å². The third-order valence-electron chi connectivity index (χ3n) is 6.29. The van der Waals surface area contributed by atoms with Gasteiger partial charge in [-0.25, -0.2) is 14.4 Å². The van der Waals surface area contributed by atoms with Crippen LogP contribution in [0.3, 0.4) is 0 Å². The van der Waals surface area contributed by atoms with Crippen molar-refractivity contribution in [3.63, 3.8) is 0 Å². The number of ether oxygens (including phenoxy) is 6. The molecule has 0 aliphatic heterocycles. The number of rotatable bonds is 13. The lowest BCUT2D eigenvalue weighted by atomic mass is 10.1. The minimum absolute atomic E-state index is 0.0874. The smallest absolute Gasteiger partial charge is 0.415 e. The van der Waals surface area contributed by atoms with Crippen molar-refractivity contribution in [3.05, 3.63) is 125 Å². The Labute approximate surface area is 270 Å². The molecule has 0 fully saturated rings. The summed E-state index contributed by atoms with van der Waals surface area (Å²) in [6, 6.07) is 29.5. The van der Waals surface area contributed by atoms with E-state index in [-0.39, 0.29) is 30.0 Å². The van der Waals surface area contributed by atoms with E-state index in [4.69, 9.17) is 18.9 Å². The molecule has 0 bridgehead atoms. The normalized spacial score (nSPS) is 10.3. The predicted octanol–water partition coefficient (Wildman–Crippen LogP) is 6.03. The Morgan fingerprint density at radius 2 is 1.02 bits per heavy atom. The fourth-order valence-corrected chi connectivity index (χ4v) is 4.08. The van der Waals surface area contributed by atoms with E-state index in [1.165, 1.54) is 17.0 Å². The van der Waals surface area contributed by atoms with Crippen molar-refractivity contribution in [3.8, 4) is 17.2 Å². The fourth-order valence-electron chi connectivity index (χ4n) is 4.08. The summed E-state index contributed by atoms with van der Waals surface area (Å²) in [4.78, 5) is 62.7. The molecule has 12 heteroatoms. The van der Waals surface area contributed by atoms with Crippen LogP contribution in [0.2, 0.25) is 0 Å². The van der Waals surface area contributed by atoms with Gasteiger partial charge in [0.15, 0.2) is 0 Å². The zero-order valence-corrected chi connectivity index (χ0v) is 25.6. The third kappa shape index (κ3) is 10.7. The molecular formula is C35H31NO11. The van der Waals surface area contributed by atoms with Crippen LogP contribution >= 0.6 is 0 Å². The van der Waals surface area contributed by atoms with Crippen LogP contribution in [0.25, 0.3) is 0 Å². The minimum Gasteiger partial charge on any atom is -0.457 e. The van der Waals surface area contributed by atoms with Crippen LogP contribution in [-0.2, 0) is 41.6 Å². The maximum absolute atomic E-state index is 13.5. The molecule has 0 saturated heterocycles. The lowest BCUT2D eigenvalue weighted by Gasteiger charge is -2.23. The molecule has 1 amide bonds. The highest BCUT2D eigenvalue weighted by molar-refractivity contribution is 6.03. The van der Waals surface area contributed by atoms with Gasteiger partial charge >= 0.3 is 30.0 Å². The van der Waals surface area contributed by atoms with Crippen LogP contribution in [-0.4, -0.2) is 48.5 Å². The number of esters is 4. The van der Waals surface area contributed by atoms with Gasteiger partial charge < -0.3 is 28.4 Å². The van der Waals surface area contributed by atoms with Crippen molar-refractivity contribution >= 4 is 30.0 Å². The van der Waals surface area contributed by atoms with Gasteiger partial charge in [0, 0.05) is 26.9 Å². The summed E-state index contributed by atoms with van der Waals surface area (Å²) in [6.45, 7) is 1.20. The van der Waals surface area contributed by atoms with Crippen LogP contribution in [0, 0.1) is 0 Å². The maximum Gasteiger partial charge on any atom is 0.415 e. The Morgan fingerprint density at radius 1 is 0.532 bits per heavy atom. The lowest BCUT2D eigenvalue weighted by molar-refractivity contribution is -0.150. The van der Waals surface area contributed by atoms with Crippen molar-refractivity contribution < 1.29 is 52.4 Å². The second kappa shape index (κ2) is 16.8. The molecule has 0 aromatic heterocycles. The number of nitrogens with zero attached hydrogens (tertiary/aromatic N) is 1. The van der Waals surface area contributed by atoms with Gasteiger partial charge in [0.1, 0.15) is 17.2 Å². The Morgan fingerprint density at radius 3 is 1.60 bits per heavy atom. The van der Waals surface area contributed by atoms with E-state index in [9.17, 15) is 24.0 Å².